The molecule has 2 N–H and O–H groups in total. The number of benzene rings is 1. The molecule has 0 unspecified atom stereocenters. The molecule has 0 bridgehead atoms. The van der Waals surface area contributed by atoms with Gasteiger partial charge in [0.2, 0.25) is 11.8 Å². The van der Waals surface area contributed by atoms with E-state index < -0.39 is 28.9 Å². The number of carboxylic acids is 1. The highest BCUT2D eigenvalue weighted by atomic mass is 16.4. The van der Waals surface area contributed by atoms with Crippen molar-refractivity contribution in [3.63, 3.8) is 0 Å². The fraction of sp³-hybridized carbons (Fsp3) is 0.552. The van der Waals surface area contributed by atoms with Crippen molar-refractivity contribution in [1.29, 1.82) is 0 Å². The molecule has 0 aliphatic rings. The molecule has 0 saturated carbocycles. The molecule has 0 spiro atoms. The van der Waals surface area contributed by atoms with Crippen LogP contribution in [0.25, 0.3) is 10.9 Å². The molecule has 2 rings (SSSR count). The van der Waals surface area contributed by atoms with E-state index in [1.807, 2.05) is 67.6 Å². The molecular formula is C29H43N3O4. The van der Waals surface area contributed by atoms with E-state index >= 15 is 0 Å². The predicted octanol–water partition coefficient (Wildman–Crippen LogP) is 4.89. The Morgan fingerprint density at radius 2 is 1.69 bits per heavy atom. The minimum absolute atomic E-state index is 0.00475. The summed E-state index contributed by atoms with van der Waals surface area (Å²) in [7, 11) is 3.67. The van der Waals surface area contributed by atoms with Gasteiger partial charge in [-0.05, 0) is 29.9 Å². The van der Waals surface area contributed by atoms with Crippen LogP contribution in [0.15, 0.2) is 42.1 Å². The standard InChI is InChI=1S/C29H43N3O4/c1-18(2)23(15-19(3)27(35)36)32(10)26(34)25(28(4,5)6)30-24(33)16-29(7,8)21-17-31(9)22-14-12-11-13-20(21)22/h11-15,17-18,23,25H,16H2,1-10H3,(H,30,33)(H,35,36)/b19-15+/t23-,25-/m1/s1. The van der Waals surface area contributed by atoms with Gasteiger partial charge in [-0.2, -0.15) is 0 Å². The molecule has 0 saturated heterocycles. The lowest BCUT2D eigenvalue weighted by atomic mass is 9.80. The van der Waals surface area contributed by atoms with E-state index in [1.165, 1.54) is 6.92 Å². The number of carbonyl (C=O) groups is 3. The van der Waals surface area contributed by atoms with Crippen LogP contribution in [0.1, 0.15) is 67.4 Å². The maximum Gasteiger partial charge on any atom is 0.331 e. The molecule has 7 heteroatoms. The highest BCUT2D eigenvalue weighted by Crippen LogP contribution is 2.34. The van der Waals surface area contributed by atoms with Crippen LogP contribution in [0.3, 0.4) is 0 Å². The van der Waals surface area contributed by atoms with Crippen LogP contribution in [0.5, 0.6) is 0 Å². The molecule has 36 heavy (non-hydrogen) atoms. The van der Waals surface area contributed by atoms with Crippen LogP contribution < -0.4 is 5.32 Å². The summed E-state index contributed by atoms with van der Waals surface area (Å²) in [6.45, 7) is 15.3. The second kappa shape index (κ2) is 10.9. The first-order valence-electron chi connectivity index (χ1n) is 12.5. The number of aryl methyl sites for hydroxylation is 1. The maximum atomic E-state index is 13.7. The number of nitrogens with zero attached hydrogens (tertiary/aromatic N) is 2. The SMILES string of the molecule is C/C(=C\[C@H](C(C)C)N(C)C(=O)[C@@H](NC(=O)CC(C)(C)c1cn(C)c2ccccc12)C(C)(C)C)C(=O)O. The molecule has 198 valence electrons. The van der Waals surface area contributed by atoms with Gasteiger partial charge in [0.05, 0.1) is 6.04 Å². The summed E-state index contributed by atoms with van der Waals surface area (Å²) in [6, 6.07) is 6.95. The smallest absolute Gasteiger partial charge is 0.331 e. The normalized spacial score (nSPS) is 14.6. The Balaban J connectivity index is 2.30. The summed E-state index contributed by atoms with van der Waals surface area (Å²) in [6.07, 6.45) is 3.90. The van der Waals surface area contributed by atoms with E-state index in [0.717, 1.165) is 16.5 Å². The van der Waals surface area contributed by atoms with Crippen molar-refractivity contribution in [2.45, 2.75) is 79.3 Å². The predicted molar refractivity (Wildman–Crippen MR) is 145 cm³/mol. The van der Waals surface area contributed by atoms with E-state index in [4.69, 9.17) is 0 Å². The van der Waals surface area contributed by atoms with Crippen molar-refractivity contribution >= 4 is 28.7 Å². The van der Waals surface area contributed by atoms with Gasteiger partial charge in [-0.3, -0.25) is 9.59 Å². The molecule has 0 radical (unpaired) electrons. The zero-order chi connectivity index (χ0) is 27.6. The quantitative estimate of drug-likeness (QED) is 0.483. The van der Waals surface area contributed by atoms with Gasteiger partial charge in [0.1, 0.15) is 6.04 Å². The maximum absolute atomic E-state index is 13.7. The summed E-state index contributed by atoms with van der Waals surface area (Å²) in [4.78, 5) is 40.0. The van der Waals surface area contributed by atoms with Crippen LogP contribution in [0, 0.1) is 11.3 Å². The lowest BCUT2D eigenvalue weighted by Gasteiger charge is -2.38. The fourth-order valence-corrected chi connectivity index (χ4v) is 4.67. The van der Waals surface area contributed by atoms with Gasteiger partial charge in [-0.25, -0.2) is 4.79 Å². The zero-order valence-electron chi connectivity index (χ0n) is 23.5. The molecule has 1 heterocycles. The van der Waals surface area contributed by atoms with Crippen molar-refractivity contribution in [3.8, 4) is 0 Å². The van der Waals surface area contributed by atoms with E-state index in [2.05, 4.69) is 28.2 Å². The number of amides is 2. The number of aliphatic carboxylic acids is 1. The average molecular weight is 498 g/mol. The fourth-order valence-electron chi connectivity index (χ4n) is 4.67. The molecule has 0 aliphatic carbocycles. The van der Waals surface area contributed by atoms with Gasteiger partial charge in [-0.15, -0.1) is 0 Å². The number of carboxylic acid groups (broad SMARTS) is 1. The van der Waals surface area contributed by atoms with Crippen molar-refractivity contribution in [2.75, 3.05) is 7.05 Å². The highest BCUT2D eigenvalue weighted by molar-refractivity contribution is 5.91. The van der Waals surface area contributed by atoms with Crippen molar-refractivity contribution in [3.05, 3.63) is 47.7 Å². The van der Waals surface area contributed by atoms with Gasteiger partial charge in [0.25, 0.3) is 0 Å². The van der Waals surface area contributed by atoms with Gasteiger partial charge >= 0.3 is 5.97 Å². The zero-order valence-corrected chi connectivity index (χ0v) is 23.5. The summed E-state index contributed by atoms with van der Waals surface area (Å²) < 4.78 is 2.07. The van der Waals surface area contributed by atoms with Crippen molar-refractivity contribution in [2.24, 2.45) is 18.4 Å². The number of likely N-dealkylation sites (N-methyl/N-ethyl adjacent to an activating group) is 1. The Labute approximate surface area is 215 Å². The molecule has 1 aromatic carbocycles. The first kappa shape index (κ1) is 29.1. The molecule has 7 nitrogen and oxygen atoms in total. The number of hydrogen-bond donors (Lipinski definition) is 2. The third kappa shape index (κ3) is 6.56. The Hall–Kier alpha value is -3.09. The highest BCUT2D eigenvalue weighted by Gasteiger charge is 2.38. The minimum Gasteiger partial charge on any atom is -0.478 e. The van der Waals surface area contributed by atoms with Crippen LogP contribution in [-0.2, 0) is 26.8 Å². The first-order valence-corrected chi connectivity index (χ1v) is 12.5. The van der Waals surface area contributed by atoms with Crippen molar-refractivity contribution in [1.82, 2.24) is 14.8 Å². The number of rotatable bonds is 9. The summed E-state index contributed by atoms with van der Waals surface area (Å²) in [5, 5.41) is 13.5. The van der Waals surface area contributed by atoms with Gasteiger partial charge < -0.3 is 19.9 Å². The summed E-state index contributed by atoms with van der Waals surface area (Å²) >= 11 is 0. The molecule has 2 atom stereocenters. The van der Waals surface area contributed by atoms with Crippen molar-refractivity contribution < 1.29 is 19.5 Å². The second-order valence-corrected chi connectivity index (χ2v) is 11.9. The van der Waals surface area contributed by atoms with E-state index in [-0.39, 0.29) is 29.7 Å². The molecule has 1 aromatic heterocycles. The Bertz CT molecular complexity index is 1150. The monoisotopic (exact) mass is 497 g/mol. The largest absolute Gasteiger partial charge is 0.478 e. The van der Waals surface area contributed by atoms with E-state index in [0.29, 0.717) is 0 Å². The molecule has 2 amide bonds. The Morgan fingerprint density at radius 1 is 1.11 bits per heavy atom. The average Bonchev–Trinajstić information content (AvgIpc) is 3.11. The van der Waals surface area contributed by atoms with Crippen LogP contribution >= 0.6 is 0 Å². The third-order valence-corrected chi connectivity index (χ3v) is 6.88. The van der Waals surface area contributed by atoms with Crippen LogP contribution in [-0.4, -0.2) is 51.5 Å². The molecule has 0 aliphatic heterocycles. The number of aromatic nitrogens is 1. The molecular weight excluding hydrogens is 454 g/mol. The lowest BCUT2D eigenvalue weighted by molar-refractivity contribution is -0.140. The molecule has 0 fully saturated rings. The van der Waals surface area contributed by atoms with Crippen LogP contribution in [0.4, 0.5) is 0 Å². The lowest BCUT2D eigenvalue weighted by Crippen LogP contribution is -2.56. The first-order chi connectivity index (χ1) is 16.5. The van der Waals surface area contributed by atoms with Crippen LogP contribution in [0.2, 0.25) is 0 Å². The number of nitrogens with one attached hydrogen (secondary N) is 1. The number of hydrogen-bond acceptors (Lipinski definition) is 3. The second-order valence-electron chi connectivity index (χ2n) is 11.9. The molecule has 2 aromatic rings. The number of fused-ring (bicyclic) bond motifs is 1. The summed E-state index contributed by atoms with van der Waals surface area (Å²) in [5.74, 6) is -1.47. The minimum atomic E-state index is -1.02. The van der Waals surface area contributed by atoms with E-state index in [1.54, 1.807) is 18.0 Å². The topological polar surface area (TPSA) is 91.6 Å². The van der Waals surface area contributed by atoms with Gasteiger partial charge in [0.15, 0.2) is 0 Å². The number of para-hydroxylation sites is 1. The number of carbonyl (C=O) groups excluding carboxylic acids is 2. The van der Waals surface area contributed by atoms with Gasteiger partial charge in [0, 0.05) is 48.6 Å². The summed E-state index contributed by atoms with van der Waals surface area (Å²) in [5.41, 5.74) is 1.37. The Morgan fingerprint density at radius 3 is 2.22 bits per heavy atom. The Kier molecular flexibility index (Phi) is 8.82. The van der Waals surface area contributed by atoms with Gasteiger partial charge in [-0.1, -0.05) is 72.7 Å². The third-order valence-electron chi connectivity index (χ3n) is 6.88. The van der Waals surface area contributed by atoms with E-state index in [9.17, 15) is 19.5 Å².